The number of aryl methyl sites for hydroxylation is 1. The fourth-order valence-electron chi connectivity index (χ4n) is 3.93. The molecule has 0 aromatic carbocycles. The van der Waals surface area contributed by atoms with Crippen molar-refractivity contribution in [1.29, 1.82) is 0 Å². The van der Waals surface area contributed by atoms with E-state index in [2.05, 4.69) is 26.8 Å². The minimum absolute atomic E-state index is 0.112. The summed E-state index contributed by atoms with van der Waals surface area (Å²) in [5.41, 5.74) is 0.972. The van der Waals surface area contributed by atoms with Gasteiger partial charge in [0, 0.05) is 44.6 Å². The van der Waals surface area contributed by atoms with Gasteiger partial charge in [0.15, 0.2) is 0 Å². The molecule has 26 heavy (non-hydrogen) atoms. The monoisotopic (exact) mass is 361 g/mol. The Morgan fingerprint density at radius 3 is 2.73 bits per heavy atom. The molecule has 1 amide bonds. The van der Waals surface area contributed by atoms with E-state index in [0.29, 0.717) is 25.7 Å². The van der Waals surface area contributed by atoms with Crippen molar-refractivity contribution in [3.8, 4) is 0 Å². The maximum Gasteiger partial charge on any atom is 0.236 e. The molecule has 3 unspecified atom stereocenters. The number of aromatic nitrogens is 2. The van der Waals surface area contributed by atoms with Crippen molar-refractivity contribution in [2.24, 2.45) is 0 Å². The molecule has 7 nitrogen and oxygen atoms in total. The Morgan fingerprint density at radius 1 is 1.31 bits per heavy atom. The molecular formula is C19H31N5O2. The number of ether oxygens (including phenoxy) is 1. The molecule has 0 bridgehead atoms. The standard InChI is InChI=1S/C19H31N5O2/c1-14-7-8-20-19(21-14)22(4)17-6-5-9-23(12-17)13-18(25)24-10-15(2)26-16(3)11-24/h7-8,15-17H,5-6,9-13H2,1-4H3. The molecule has 2 saturated heterocycles. The second-order valence-electron chi connectivity index (χ2n) is 7.70. The second kappa shape index (κ2) is 8.31. The van der Waals surface area contributed by atoms with Crippen LogP contribution in [0.15, 0.2) is 12.3 Å². The lowest BCUT2D eigenvalue weighted by atomic mass is 10.0. The zero-order chi connectivity index (χ0) is 18.7. The Morgan fingerprint density at radius 2 is 2.04 bits per heavy atom. The van der Waals surface area contributed by atoms with Crippen LogP contribution in [0, 0.1) is 6.92 Å². The number of carbonyl (C=O) groups is 1. The average molecular weight is 361 g/mol. The number of anilines is 1. The highest BCUT2D eigenvalue weighted by Gasteiger charge is 2.30. The van der Waals surface area contributed by atoms with Crippen molar-refractivity contribution in [2.75, 3.05) is 44.7 Å². The number of likely N-dealkylation sites (N-methyl/N-ethyl adjacent to an activating group) is 1. The molecule has 2 fully saturated rings. The molecule has 0 N–H and O–H groups in total. The van der Waals surface area contributed by atoms with Crippen molar-refractivity contribution < 1.29 is 9.53 Å². The van der Waals surface area contributed by atoms with Gasteiger partial charge in [0.1, 0.15) is 0 Å². The molecule has 3 heterocycles. The van der Waals surface area contributed by atoms with Crippen molar-refractivity contribution >= 4 is 11.9 Å². The van der Waals surface area contributed by atoms with Crippen LogP contribution < -0.4 is 4.90 Å². The van der Waals surface area contributed by atoms with Gasteiger partial charge in [-0.2, -0.15) is 0 Å². The van der Waals surface area contributed by atoms with E-state index < -0.39 is 0 Å². The third kappa shape index (κ3) is 4.71. The smallest absolute Gasteiger partial charge is 0.236 e. The molecule has 3 rings (SSSR count). The molecule has 3 atom stereocenters. The second-order valence-corrected chi connectivity index (χ2v) is 7.70. The third-order valence-corrected chi connectivity index (χ3v) is 5.26. The quantitative estimate of drug-likeness (QED) is 0.806. The van der Waals surface area contributed by atoms with E-state index in [1.165, 1.54) is 0 Å². The van der Waals surface area contributed by atoms with Crippen molar-refractivity contribution in [1.82, 2.24) is 19.8 Å². The van der Waals surface area contributed by atoms with Crippen molar-refractivity contribution in [2.45, 2.75) is 51.9 Å². The number of piperidine rings is 1. The van der Waals surface area contributed by atoms with Gasteiger partial charge in [0.05, 0.1) is 18.8 Å². The molecule has 0 spiro atoms. The molecule has 144 valence electrons. The molecule has 2 aliphatic rings. The maximum atomic E-state index is 12.7. The summed E-state index contributed by atoms with van der Waals surface area (Å²) in [6, 6.07) is 2.24. The Labute approximate surface area is 156 Å². The van der Waals surface area contributed by atoms with Gasteiger partial charge in [-0.1, -0.05) is 0 Å². The van der Waals surface area contributed by atoms with Crippen LogP contribution in [0.5, 0.6) is 0 Å². The first-order chi connectivity index (χ1) is 12.4. The lowest BCUT2D eigenvalue weighted by Crippen LogP contribution is -2.53. The molecule has 0 saturated carbocycles. The minimum atomic E-state index is 0.112. The van der Waals surface area contributed by atoms with E-state index in [9.17, 15) is 4.79 Å². The zero-order valence-electron chi connectivity index (χ0n) is 16.4. The number of nitrogens with zero attached hydrogens (tertiary/aromatic N) is 5. The number of hydrogen-bond donors (Lipinski definition) is 0. The Hall–Kier alpha value is -1.73. The van der Waals surface area contributed by atoms with E-state index in [1.807, 2.05) is 31.7 Å². The van der Waals surface area contributed by atoms with E-state index in [-0.39, 0.29) is 18.1 Å². The third-order valence-electron chi connectivity index (χ3n) is 5.26. The van der Waals surface area contributed by atoms with E-state index in [1.54, 1.807) is 6.20 Å². The summed E-state index contributed by atoms with van der Waals surface area (Å²) in [5.74, 6) is 0.973. The van der Waals surface area contributed by atoms with Crippen molar-refractivity contribution in [3.63, 3.8) is 0 Å². The highest BCUT2D eigenvalue weighted by Crippen LogP contribution is 2.19. The van der Waals surface area contributed by atoms with Gasteiger partial charge in [-0.25, -0.2) is 9.97 Å². The summed E-state index contributed by atoms with van der Waals surface area (Å²) in [4.78, 5) is 28.0. The number of rotatable bonds is 4. The maximum absolute atomic E-state index is 12.7. The molecule has 2 aliphatic heterocycles. The Balaban J connectivity index is 1.57. The fraction of sp³-hybridized carbons (Fsp3) is 0.737. The van der Waals surface area contributed by atoms with Gasteiger partial charge in [-0.05, 0) is 46.2 Å². The van der Waals surface area contributed by atoms with Crippen LogP contribution in [0.3, 0.4) is 0 Å². The fourth-order valence-corrected chi connectivity index (χ4v) is 3.93. The molecular weight excluding hydrogens is 330 g/mol. The van der Waals surface area contributed by atoms with Crippen LogP contribution in [-0.2, 0) is 9.53 Å². The van der Waals surface area contributed by atoms with Crippen LogP contribution in [0.1, 0.15) is 32.4 Å². The molecule has 1 aromatic heterocycles. The van der Waals surface area contributed by atoms with Crippen LogP contribution in [0.2, 0.25) is 0 Å². The zero-order valence-corrected chi connectivity index (χ0v) is 16.4. The minimum Gasteiger partial charge on any atom is -0.372 e. The van der Waals surface area contributed by atoms with Gasteiger partial charge in [0.25, 0.3) is 0 Å². The summed E-state index contributed by atoms with van der Waals surface area (Å²) in [5, 5.41) is 0. The first-order valence-electron chi connectivity index (χ1n) is 9.60. The largest absolute Gasteiger partial charge is 0.372 e. The highest BCUT2D eigenvalue weighted by molar-refractivity contribution is 5.78. The molecule has 1 aromatic rings. The SMILES string of the molecule is Cc1ccnc(N(C)C2CCCN(CC(=O)N3CC(C)OC(C)C3)C2)n1. The number of hydrogen-bond acceptors (Lipinski definition) is 6. The lowest BCUT2D eigenvalue weighted by molar-refractivity contribution is -0.144. The summed E-state index contributed by atoms with van der Waals surface area (Å²) >= 11 is 0. The van der Waals surface area contributed by atoms with Crippen LogP contribution in [-0.4, -0.2) is 83.7 Å². The van der Waals surface area contributed by atoms with E-state index in [0.717, 1.165) is 37.6 Å². The molecule has 0 radical (unpaired) electrons. The normalized spacial score (nSPS) is 27.4. The van der Waals surface area contributed by atoms with Crippen LogP contribution in [0.4, 0.5) is 5.95 Å². The molecule has 0 aliphatic carbocycles. The predicted octanol–water partition coefficient (Wildman–Crippen LogP) is 1.32. The summed E-state index contributed by atoms with van der Waals surface area (Å²) in [7, 11) is 2.05. The van der Waals surface area contributed by atoms with E-state index >= 15 is 0 Å². The van der Waals surface area contributed by atoms with Gasteiger partial charge in [-0.3, -0.25) is 9.69 Å². The number of carbonyl (C=O) groups excluding carboxylic acids is 1. The first-order valence-corrected chi connectivity index (χ1v) is 9.60. The van der Waals surface area contributed by atoms with Crippen molar-refractivity contribution in [3.05, 3.63) is 18.0 Å². The number of likely N-dealkylation sites (tertiary alicyclic amines) is 1. The number of amides is 1. The first kappa shape index (κ1) is 19.0. The van der Waals surface area contributed by atoms with Crippen LogP contribution >= 0.6 is 0 Å². The number of morpholine rings is 1. The van der Waals surface area contributed by atoms with Gasteiger partial charge in [0.2, 0.25) is 11.9 Å². The summed E-state index contributed by atoms with van der Waals surface area (Å²) < 4.78 is 5.74. The Kier molecular flexibility index (Phi) is 6.09. The Bertz CT molecular complexity index is 616. The predicted molar refractivity (Wildman–Crippen MR) is 101 cm³/mol. The highest BCUT2D eigenvalue weighted by atomic mass is 16.5. The molecule has 7 heteroatoms. The van der Waals surface area contributed by atoms with Crippen LogP contribution in [0.25, 0.3) is 0 Å². The topological polar surface area (TPSA) is 61.8 Å². The van der Waals surface area contributed by atoms with Gasteiger partial charge < -0.3 is 14.5 Å². The van der Waals surface area contributed by atoms with Gasteiger partial charge >= 0.3 is 0 Å². The van der Waals surface area contributed by atoms with E-state index in [4.69, 9.17) is 4.74 Å². The average Bonchev–Trinajstić information content (AvgIpc) is 2.60. The van der Waals surface area contributed by atoms with Gasteiger partial charge in [-0.15, -0.1) is 0 Å². The summed E-state index contributed by atoms with van der Waals surface area (Å²) in [6.07, 6.45) is 4.22. The lowest BCUT2D eigenvalue weighted by Gasteiger charge is -2.39. The summed E-state index contributed by atoms with van der Waals surface area (Å²) in [6.45, 7) is 9.76.